The van der Waals surface area contributed by atoms with Crippen LogP contribution in [0.5, 0.6) is 0 Å². The highest BCUT2D eigenvalue weighted by molar-refractivity contribution is 5.66. The molecular weight excluding hydrogens is 211 g/mol. The van der Waals surface area contributed by atoms with E-state index in [0.29, 0.717) is 6.42 Å². The van der Waals surface area contributed by atoms with E-state index in [-0.39, 0.29) is 25.4 Å². The van der Waals surface area contributed by atoms with E-state index in [1.807, 2.05) is 0 Å². The van der Waals surface area contributed by atoms with Gasteiger partial charge >= 0.3 is 12.1 Å². The molecule has 0 saturated heterocycles. The summed E-state index contributed by atoms with van der Waals surface area (Å²) >= 11 is 0. The molecule has 0 spiro atoms. The lowest BCUT2D eigenvalue weighted by Crippen LogP contribution is -2.28. The van der Waals surface area contributed by atoms with Crippen molar-refractivity contribution in [2.24, 2.45) is 0 Å². The van der Waals surface area contributed by atoms with Gasteiger partial charge in [-0.25, -0.2) is 0 Å². The highest BCUT2D eigenvalue weighted by Crippen LogP contribution is 2.20. The van der Waals surface area contributed by atoms with Gasteiger partial charge in [0, 0.05) is 18.9 Å². The van der Waals surface area contributed by atoms with Crippen molar-refractivity contribution in [1.82, 2.24) is 5.32 Å². The largest absolute Gasteiger partial charge is 0.481 e. The highest BCUT2D eigenvalue weighted by atomic mass is 19.4. The number of carboxylic acid groups (broad SMARTS) is 1. The number of aliphatic carboxylic acids is 1. The van der Waals surface area contributed by atoms with Gasteiger partial charge in [-0.15, -0.1) is 0 Å². The van der Waals surface area contributed by atoms with Crippen LogP contribution in [0.15, 0.2) is 0 Å². The van der Waals surface area contributed by atoms with Gasteiger partial charge in [0.15, 0.2) is 0 Å². The number of hydrogen-bond donors (Lipinski definition) is 2. The Hall–Kier alpha value is -0.780. The number of carboxylic acids is 1. The van der Waals surface area contributed by atoms with Crippen molar-refractivity contribution in [3.05, 3.63) is 0 Å². The van der Waals surface area contributed by atoms with Crippen molar-refractivity contribution in [2.45, 2.75) is 44.8 Å². The van der Waals surface area contributed by atoms with Crippen LogP contribution in [0.25, 0.3) is 0 Å². The van der Waals surface area contributed by atoms with Gasteiger partial charge in [0.2, 0.25) is 0 Å². The Kier molecular flexibility index (Phi) is 6.31. The molecule has 0 bridgehead atoms. The van der Waals surface area contributed by atoms with Crippen LogP contribution in [0.1, 0.15) is 32.6 Å². The Labute approximate surface area is 86.7 Å². The first-order chi connectivity index (χ1) is 6.81. The number of carbonyl (C=O) groups is 1. The van der Waals surface area contributed by atoms with Crippen molar-refractivity contribution in [1.29, 1.82) is 0 Å². The summed E-state index contributed by atoms with van der Waals surface area (Å²) in [5.41, 5.74) is 0. The first-order valence-electron chi connectivity index (χ1n) is 4.83. The highest BCUT2D eigenvalue weighted by Gasteiger charge is 2.25. The summed E-state index contributed by atoms with van der Waals surface area (Å²) in [5, 5.41) is 11.2. The molecule has 0 aliphatic carbocycles. The van der Waals surface area contributed by atoms with Gasteiger partial charge in [-0.05, 0) is 26.3 Å². The second-order valence-corrected chi connectivity index (χ2v) is 3.51. The van der Waals surface area contributed by atoms with Crippen molar-refractivity contribution in [3.63, 3.8) is 0 Å². The van der Waals surface area contributed by atoms with Crippen molar-refractivity contribution in [3.8, 4) is 0 Å². The predicted molar refractivity (Wildman–Crippen MR) is 49.6 cm³/mol. The summed E-state index contributed by atoms with van der Waals surface area (Å²) in [4.78, 5) is 10.2. The van der Waals surface area contributed by atoms with Crippen molar-refractivity contribution in [2.75, 3.05) is 6.54 Å². The first-order valence-corrected chi connectivity index (χ1v) is 4.83. The zero-order valence-corrected chi connectivity index (χ0v) is 8.60. The predicted octanol–water partition coefficient (Wildman–Crippen LogP) is 2.17. The average Bonchev–Trinajstić information content (AvgIpc) is 2.07. The van der Waals surface area contributed by atoms with Crippen LogP contribution in [-0.2, 0) is 4.79 Å². The van der Waals surface area contributed by atoms with Crippen LogP contribution in [0, 0.1) is 0 Å². The number of hydrogen-bond acceptors (Lipinski definition) is 2. The summed E-state index contributed by atoms with van der Waals surface area (Å²) in [7, 11) is 0. The van der Waals surface area contributed by atoms with Gasteiger partial charge in [0.25, 0.3) is 0 Å². The molecule has 0 aromatic heterocycles. The average molecular weight is 227 g/mol. The summed E-state index contributed by atoms with van der Waals surface area (Å²) in [6, 6.07) is -0.0608. The second-order valence-electron chi connectivity index (χ2n) is 3.51. The van der Waals surface area contributed by atoms with Crippen LogP contribution in [0.3, 0.4) is 0 Å². The minimum atomic E-state index is -4.11. The Balaban J connectivity index is 3.39. The molecule has 0 aliphatic rings. The molecule has 1 atom stereocenters. The Morgan fingerprint density at radius 2 is 2.07 bits per heavy atom. The summed E-state index contributed by atoms with van der Waals surface area (Å²) < 4.78 is 35.2. The molecule has 0 fully saturated rings. The molecule has 6 heteroatoms. The van der Waals surface area contributed by atoms with Crippen LogP contribution in [0.4, 0.5) is 13.2 Å². The number of alkyl halides is 3. The zero-order chi connectivity index (χ0) is 11.9. The molecule has 0 aromatic carbocycles. The third kappa shape index (κ3) is 11.1. The summed E-state index contributed by atoms with van der Waals surface area (Å²) in [5.74, 6) is -0.890. The monoisotopic (exact) mass is 227 g/mol. The third-order valence-electron chi connectivity index (χ3n) is 1.92. The normalized spacial score (nSPS) is 13.9. The third-order valence-corrected chi connectivity index (χ3v) is 1.92. The number of rotatable bonds is 7. The second kappa shape index (κ2) is 6.66. The van der Waals surface area contributed by atoms with Crippen LogP contribution >= 0.6 is 0 Å². The van der Waals surface area contributed by atoms with Crippen LogP contribution < -0.4 is 5.32 Å². The molecule has 0 aliphatic heterocycles. The fraction of sp³-hybridized carbons (Fsp3) is 0.889. The Morgan fingerprint density at radius 3 is 2.53 bits per heavy atom. The maximum Gasteiger partial charge on any atom is 0.389 e. The maximum atomic E-state index is 11.7. The minimum absolute atomic E-state index is 0.0287. The fourth-order valence-corrected chi connectivity index (χ4v) is 1.08. The molecule has 90 valence electrons. The molecule has 0 saturated carbocycles. The smallest absolute Gasteiger partial charge is 0.389 e. The topological polar surface area (TPSA) is 49.3 Å². The van der Waals surface area contributed by atoms with Gasteiger partial charge in [-0.1, -0.05) is 0 Å². The van der Waals surface area contributed by atoms with Gasteiger partial charge in [0.1, 0.15) is 0 Å². The van der Waals surface area contributed by atoms with Gasteiger partial charge < -0.3 is 10.4 Å². The Bertz CT molecular complexity index is 194. The zero-order valence-electron chi connectivity index (χ0n) is 8.60. The number of halogens is 3. The fourth-order valence-electron chi connectivity index (χ4n) is 1.08. The first kappa shape index (κ1) is 14.2. The van der Waals surface area contributed by atoms with Gasteiger partial charge in [0.05, 0.1) is 0 Å². The molecule has 0 radical (unpaired) electrons. The minimum Gasteiger partial charge on any atom is -0.481 e. The molecule has 2 N–H and O–H groups in total. The standard InChI is InChI=1S/C9H16F3NO2/c1-7(3-4-8(14)15)13-6-2-5-9(10,11)12/h7,13H,2-6H2,1H3,(H,14,15). The quantitative estimate of drug-likeness (QED) is 0.655. The van der Waals surface area contributed by atoms with E-state index < -0.39 is 18.6 Å². The SMILES string of the molecule is CC(CCC(=O)O)NCCCC(F)(F)F. The summed E-state index contributed by atoms with van der Waals surface area (Å²) in [6.07, 6.45) is -4.41. The van der Waals surface area contributed by atoms with Crippen molar-refractivity contribution >= 4 is 5.97 Å². The molecule has 0 amide bonds. The molecule has 1 unspecified atom stereocenters. The molecule has 0 aromatic rings. The van der Waals surface area contributed by atoms with E-state index in [1.165, 1.54) is 0 Å². The van der Waals surface area contributed by atoms with E-state index in [1.54, 1.807) is 6.92 Å². The maximum absolute atomic E-state index is 11.7. The lowest BCUT2D eigenvalue weighted by atomic mass is 10.2. The van der Waals surface area contributed by atoms with E-state index >= 15 is 0 Å². The van der Waals surface area contributed by atoms with E-state index in [4.69, 9.17) is 5.11 Å². The van der Waals surface area contributed by atoms with Crippen molar-refractivity contribution < 1.29 is 23.1 Å². The Morgan fingerprint density at radius 1 is 1.47 bits per heavy atom. The van der Waals surface area contributed by atoms with Gasteiger partial charge in [-0.2, -0.15) is 13.2 Å². The summed E-state index contributed by atoms with van der Waals surface area (Å²) in [6.45, 7) is 2.02. The van der Waals surface area contributed by atoms with Crippen LogP contribution in [-0.4, -0.2) is 29.8 Å². The van der Waals surface area contributed by atoms with E-state index in [0.717, 1.165) is 0 Å². The lowest BCUT2D eigenvalue weighted by Gasteiger charge is -2.12. The number of nitrogens with one attached hydrogen (secondary N) is 1. The van der Waals surface area contributed by atoms with Gasteiger partial charge in [-0.3, -0.25) is 4.79 Å². The molecule has 0 heterocycles. The van der Waals surface area contributed by atoms with Crippen LogP contribution in [0.2, 0.25) is 0 Å². The van der Waals surface area contributed by atoms with E-state index in [2.05, 4.69) is 5.32 Å². The molecule has 0 rings (SSSR count). The lowest BCUT2D eigenvalue weighted by molar-refractivity contribution is -0.137. The molecule has 3 nitrogen and oxygen atoms in total. The molecule has 15 heavy (non-hydrogen) atoms. The van der Waals surface area contributed by atoms with E-state index in [9.17, 15) is 18.0 Å². The molecular formula is C9H16F3NO2.